The maximum Gasteiger partial charge on any atom is 0.262 e. The second-order valence-electron chi connectivity index (χ2n) is 9.93. The van der Waals surface area contributed by atoms with Crippen molar-refractivity contribution in [3.05, 3.63) is 0 Å². The molecular weight excluding hydrogens is 560 g/mol. The van der Waals surface area contributed by atoms with Crippen molar-refractivity contribution in [3.8, 4) is 0 Å². The Bertz CT molecular complexity index is 975. The van der Waals surface area contributed by atoms with Crippen LogP contribution >= 0.6 is 0 Å². The quantitative estimate of drug-likeness (QED) is 0.0519. The third-order valence-corrected chi connectivity index (χ3v) is 6.19. The van der Waals surface area contributed by atoms with E-state index in [1.54, 1.807) is 13.8 Å². The van der Waals surface area contributed by atoms with Gasteiger partial charge < -0.3 is 48.3 Å². The van der Waals surface area contributed by atoms with E-state index in [1.807, 2.05) is 0 Å². The standard InChI is InChI=1S/C24H44N8O10/c1-6-10(2)17(23(40)31-18(12(4)33)22(39)27-9-16(36)32-42)29-24(41)19(13(5)34)30-21(38)14(7-8-15(26)35)28-20(37)11(3)25/h10-14,17-19,33-34,42H,6-9,25H2,1-5H3,(H2,26,35)(H,27,39)(H,28,37)(H,29,41)(H,30,38)(H,31,40)(H,32,36)/t10-,11-,12?,13?,14-,17-,18-,19-/m0/s1. The largest absolute Gasteiger partial charge is 0.391 e. The summed E-state index contributed by atoms with van der Waals surface area (Å²) in [5, 5.41) is 40.4. The van der Waals surface area contributed by atoms with Crippen molar-refractivity contribution in [1.29, 1.82) is 0 Å². The molecule has 0 spiro atoms. The van der Waals surface area contributed by atoms with Crippen LogP contribution in [0.15, 0.2) is 0 Å². The molecule has 8 atom stereocenters. The van der Waals surface area contributed by atoms with E-state index in [0.29, 0.717) is 6.42 Å². The Morgan fingerprint density at radius 2 is 1.19 bits per heavy atom. The molecule has 0 aliphatic carbocycles. The van der Waals surface area contributed by atoms with E-state index in [9.17, 15) is 43.8 Å². The van der Waals surface area contributed by atoms with Gasteiger partial charge in [0.25, 0.3) is 5.91 Å². The Morgan fingerprint density at radius 1 is 0.714 bits per heavy atom. The molecule has 0 fully saturated rings. The first kappa shape index (κ1) is 38.1. The van der Waals surface area contributed by atoms with Gasteiger partial charge in [0.1, 0.15) is 24.2 Å². The molecule has 18 heteroatoms. The third kappa shape index (κ3) is 13.2. The molecule has 0 aromatic heterocycles. The van der Waals surface area contributed by atoms with Gasteiger partial charge in [-0.05, 0) is 33.1 Å². The number of nitrogens with one attached hydrogen (secondary N) is 6. The molecule has 13 N–H and O–H groups in total. The minimum Gasteiger partial charge on any atom is -0.391 e. The van der Waals surface area contributed by atoms with Crippen LogP contribution < -0.4 is 43.5 Å². The molecule has 18 nitrogen and oxygen atoms in total. The van der Waals surface area contributed by atoms with Gasteiger partial charge in [-0.1, -0.05) is 20.3 Å². The third-order valence-electron chi connectivity index (χ3n) is 6.19. The van der Waals surface area contributed by atoms with E-state index in [4.69, 9.17) is 16.7 Å². The molecular formula is C24H44N8O10. The van der Waals surface area contributed by atoms with Gasteiger partial charge in [-0.15, -0.1) is 0 Å². The van der Waals surface area contributed by atoms with Crippen LogP contribution in [0.2, 0.25) is 0 Å². The second kappa shape index (κ2) is 18.5. The summed E-state index contributed by atoms with van der Waals surface area (Å²) < 4.78 is 0. The normalized spacial score (nSPS) is 16.6. The number of aliphatic hydroxyl groups is 2. The maximum atomic E-state index is 13.2. The van der Waals surface area contributed by atoms with Crippen molar-refractivity contribution in [2.75, 3.05) is 6.54 Å². The van der Waals surface area contributed by atoms with Gasteiger partial charge in [-0.25, -0.2) is 5.48 Å². The number of rotatable bonds is 18. The lowest BCUT2D eigenvalue weighted by atomic mass is 9.96. The number of nitrogens with two attached hydrogens (primary N) is 2. The van der Waals surface area contributed by atoms with E-state index in [2.05, 4.69) is 26.6 Å². The molecule has 240 valence electrons. The van der Waals surface area contributed by atoms with Gasteiger partial charge in [0.15, 0.2) is 0 Å². The summed E-state index contributed by atoms with van der Waals surface area (Å²) in [4.78, 5) is 86.3. The molecule has 0 heterocycles. The Labute approximate surface area is 243 Å². The second-order valence-corrected chi connectivity index (χ2v) is 9.93. The van der Waals surface area contributed by atoms with Crippen molar-refractivity contribution in [2.24, 2.45) is 17.4 Å². The smallest absolute Gasteiger partial charge is 0.262 e. The van der Waals surface area contributed by atoms with Crippen molar-refractivity contribution >= 4 is 41.4 Å². The van der Waals surface area contributed by atoms with Crippen LogP contribution in [0.1, 0.15) is 53.9 Å². The monoisotopic (exact) mass is 604 g/mol. The van der Waals surface area contributed by atoms with Crippen LogP contribution in [-0.2, 0) is 33.6 Å². The predicted octanol–water partition coefficient (Wildman–Crippen LogP) is -5.03. The van der Waals surface area contributed by atoms with Crippen LogP contribution in [0.4, 0.5) is 0 Å². The zero-order valence-electron chi connectivity index (χ0n) is 24.3. The van der Waals surface area contributed by atoms with Crippen LogP contribution in [0.3, 0.4) is 0 Å². The van der Waals surface area contributed by atoms with E-state index < -0.39 is 96.2 Å². The predicted molar refractivity (Wildman–Crippen MR) is 146 cm³/mol. The molecule has 2 unspecified atom stereocenters. The van der Waals surface area contributed by atoms with Gasteiger partial charge >= 0.3 is 0 Å². The van der Waals surface area contributed by atoms with Crippen LogP contribution in [0.25, 0.3) is 0 Å². The summed E-state index contributed by atoms with van der Waals surface area (Å²) in [5.74, 6) is -6.77. The summed E-state index contributed by atoms with van der Waals surface area (Å²) in [6.07, 6.45) is -3.10. The zero-order chi connectivity index (χ0) is 32.7. The zero-order valence-corrected chi connectivity index (χ0v) is 24.3. The van der Waals surface area contributed by atoms with E-state index in [-0.39, 0.29) is 12.8 Å². The first-order valence-corrected chi connectivity index (χ1v) is 13.3. The summed E-state index contributed by atoms with van der Waals surface area (Å²) >= 11 is 0. The Hall–Kier alpha value is -3.87. The molecule has 0 aliphatic heterocycles. The Morgan fingerprint density at radius 3 is 1.64 bits per heavy atom. The number of hydroxylamine groups is 1. The van der Waals surface area contributed by atoms with Crippen molar-refractivity contribution in [1.82, 2.24) is 32.1 Å². The lowest BCUT2D eigenvalue weighted by Crippen LogP contribution is -2.63. The molecule has 0 bridgehead atoms. The number of carbonyl (C=O) groups is 7. The fraction of sp³-hybridized carbons (Fsp3) is 0.708. The first-order chi connectivity index (χ1) is 19.5. The summed E-state index contributed by atoms with van der Waals surface area (Å²) in [7, 11) is 0. The van der Waals surface area contributed by atoms with E-state index >= 15 is 0 Å². The van der Waals surface area contributed by atoms with Gasteiger partial charge in [0.05, 0.1) is 24.8 Å². The number of carbonyl (C=O) groups excluding carboxylic acids is 7. The fourth-order valence-electron chi connectivity index (χ4n) is 3.43. The van der Waals surface area contributed by atoms with Gasteiger partial charge in [0, 0.05) is 6.42 Å². The lowest BCUT2D eigenvalue weighted by Gasteiger charge is -2.30. The molecule has 0 saturated carbocycles. The number of amides is 7. The minimum absolute atomic E-state index is 0.228. The fourth-order valence-corrected chi connectivity index (χ4v) is 3.43. The molecule has 0 aromatic carbocycles. The lowest BCUT2D eigenvalue weighted by molar-refractivity contribution is -0.138. The minimum atomic E-state index is -1.63. The Kier molecular flexibility index (Phi) is 16.8. The van der Waals surface area contributed by atoms with Gasteiger partial charge in [-0.3, -0.25) is 38.8 Å². The highest BCUT2D eigenvalue weighted by Gasteiger charge is 2.36. The molecule has 0 aliphatic rings. The summed E-state index contributed by atoms with van der Waals surface area (Å²) in [6, 6.07) is -6.85. The number of aliphatic hydroxyl groups excluding tert-OH is 2. The highest BCUT2D eigenvalue weighted by molar-refractivity contribution is 5.96. The summed E-state index contributed by atoms with van der Waals surface area (Å²) in [5.41, 5.74) is 12.0. The average Bonchev–Trinajstić information content (AvgIpc) is 2.92. The Balaban J connectivity index is 5.86. The maximum absolute atomic E-state index is 13.2. The van der Waals surface area contributed by atoms with Crippen molar-refractivity contribution in [3.63, 3.8) is 0 Å². The van der Waals surface area contributed by atoms with E-state index in [0.717, 1.165) is 0 Å². The van der Waals surface area contributed by atoms with Crippen LogP contribution in [-0.4, -0.2) is 106 Å². The number of hydrogen-bond acceptors (Lipinski definition) is 11. The van der Waals surface area contributed by atoms with Gasteiger partial charge in [0.2, 0.25) is 35.4 Å². The molecule has 0 radical (unpaired) electrons. The number of hydrogen-bond donors (Lipinski definition) is 11. The molecule has 42 heavy (non-hydrogen) atoms. The average molecular weight is 605 g/mol. The highest BCUT2D eigenvalue weighted by atomic mass is 16.5. The number of primary amides is 1. The molecule has 0 aromatic rings. The SMILES string of the molecule is CC[C@H](C)[C@H](NC(=O)[C@@H](NC(=O)[C@H](CCC(N)=O)NC(=O)[C@H](C)N)C(C)O)C(=O)N[C@H](C(=O)NCC(=O)NO)C(C)O. The summed E-state index contributed by atoms with van der Waals surface area (Å²) in [6.45, 7) is 6.42. The van der Waals surface area contributed by atoms with E-state index in [1.165, 1.54) is 26.3 Å². The van der Waals surface area contributed by atoms with Gasteiger partial charge in [-0.2, -0.15) is 0 Å². The van der Waals surface area contributed by atoms with Crippen LogP contribution in [0, 0.1) is 5.92 Å². The molecule has 7 amide bonds. The first-order valence-electron chi connectivity index (χ1n) is 13.3. The topological polar surface area (TPSA) is 304 Å². The molecule has 0 rings (SSSR count). The van der Waals surface area contributed by atoms with Crippen LogP contribution in [0.5, 0.6) is 0 Å². The van der Waals surface area contributed by atoms with Crippen molar-refractivity contribution in [2.45, 2.75) is 96.3 Å². The highest BCUT2D eigenvalue weighted by Crippen LogP contribution is 2.10. The molecule has 0 saturated heterocycles. The van der Waals surface area contributed by atoms with Crippen molar-refractivity contribution < 1.29 is 49.0 Å².